The van der Waals surface area contributed by atoms with Crippen molar-refractivity contribution in [1.29, 1.82) is 0 Å². The van der Waals surface area contributed by atoms with Gasteiger partial charge in [-0.3, -0.25) is 0 Å². The van der Waals surface area contributed by atoms with Gasteiger partial charge in [-0.2, -0.15) is 0 Å². The van der Waals surface area contributed by atoms with Crippen LogP contribution in [0.3, 0.4) is 0 Å². The van der Waals surface area contributed by atoms with Crippen molar-refractivity contribution >= 4 is 7.74 Å². The van der Waals surface area contributed by atoms with E-state index in [0.29, 0.717) is 44.9 Å². The minimum atomic E-state index is -6.61. The summed E-state index contributed by atoms with van der Waals surface area (Å²) in [6, 6.07) is 73.3. The van der Waals surface area contributed by atoms with Crippen LogP contribution in [0.25, 0.3) is 0 Å². The third-order valence-electron chi connectivity index (χ3n) is 10.4. The fraction of sp³-hybridized carbons (Fsp3) is 0.0769. The molecule has 0 heterocycles. The van der Waals surface area contributed by atoms with Crippen LogP contribution in [0, 0.1) is 0 Å². The van der Waals surface area contributed by atoms with Crippen molar-refractivity contribution in [2.24, 2.45) is 0 Å². The molecule has 0 aliphatic carbocycles. The Morgan fingerprint density at radius 3 is 0.875 bits per heavy atom. The first-order valence-electron chi connectivity index (χ1n) is 19.3. The molecule has 0 aromatic heterocycles. The van der Waals surface area contributed by atoms with E-state index in [2.05, 4.69) is 72.8 Å². The Bertz CT molecular complexity index is 2400. The van der Waals surface area contributed by atoms with Crippen LogP contribution in [0.1, 0.15) is 44.5 Å². The van der Waals surface area contributed by atoms with Gasteiger partial charge in [0.2, 0.25) is 0 Å². The molecule has 274 valence electrons. The van der Waals surface area contributed by atoms with E-state index in [1.54, 1.807) is 0 Å². The van der Waals surface area contributed by atoms with Gasteiger partial charge in [0.1, 0.15) is 0 Å². The third kappa shape index (κ3) is 8.11. The van der Waals surface area contributed by atoms with Crippen LogP contribution in [-0.2, 0) is 45.1 Å². The molecular formula is C52H44O3Ti. The first-order valence-corrected chi connectivity index (χ1v) is 22.8. The first kappa shape index (κ1) is 36.8. The van der Waals surface area contributed by atoms with Crippen molar-refractivity contribution in [3.8, 4) is 11.5 Å². The Morgan fingerprint density at radius 2 is 0.536 bits per heavy atom. The standard InChI is InChI=1S/2C13H12O.2C13H11.O.Ti/c2*14-13-9-5-4-8-12(13)10-11-6-2-1-3-7-11;2*1-3-7-12(8-4-1)11-13-9-5-2-6-10-13;;/h2*1-9,14H,10H2;2*1-9H,11H2;;/q;;;;;+2/p-2. The molecule has 0 fully saturated rings. The second-order valence-electron chi connectivity index (χ2n) is 14.4. The van der Waals surface area contributed by atoms with E-state index < -0.39 is 16.1 Å². The van der Waals surface area contributed by atoms with E-state index in [4.69, 9.17) is 6.64 Å². The Balaban J connectivity index is 1.41. The van der Waals surface area contributed by atoms with Gasteiger partial charge in [0.15, 0.2) is 0 Å². The van der Waals surface area contributed by atoms with Gasteiger partial charge >= 0.3 is 334 Å². The SMILES string of the molecule is [O]=[Ti]([O]c1ccccc1Cc1ccccc1)([O]c1ccccc1Cc1ccccc1)([c]1ccccc1Cc1ccccc1)[c]1ccccc1Cc1ccccc1. The van der Waals surface area contributed by atoms with Crippen LogP contribution in [0.2, 0.25) is 0 Å². The zero-order chi connectivity index (χ0) is 38.1. The molecular weight excluding hydrogens is 720 g/mol. The van der Waals surface area contributed by atoms with Crippen molar-refractivity contribution in [3.05, 3.63) is 263 Å². The molecule has 56 heavy (non-hydrogen) atoms. The summed E-state index contributed by atoms with van der Waals surface area (Å²) in [6.45, 7) is 0. The second-order valence-corrected chi connectivity index (χ2v) is 19.8. The average Bonchev–Trinajstić information content (AvgIpc) is 3.24. The van der Waals surface area contributed by atoms with Gasteiger partial charge in [-0.25, -0.2) is 0 Å². The molecule has 0 unspecified atom stereocenters. The first-order chi connectivity index (χ1) is 27.5. The predicted octanol–water partition coefficient (Wildman–Crippen LogP) is 11.0. The van der Waals surface area contributed by atoms with E-state index in [9.17, 15) is 0 Å². The Morgan fingerprint density at radius 1 is 0.286 bits per heavy atom. The molecule has 0 aliphatic rings. The fourth-order valence-corrected chi connectivity index (χ4v) is 14.3. The van der Waals surface area contributed by atoms with Gasteiger partial charge in [-0.05, 0) is 0 Å². The fourth-order valence-electron chi connectivity index (χ4n) is 7.74. The number of rotatable bonds is 14. The second kappa shape index (κ2) is 16.7. The molecule has 0 bridgehead atoms. The summed E-state index contributed by atoms with van der Waals surface area (Å²) in [5, 5.41) is 0. The van der Waals surface area contributed by atoms with Crippen LogP contribution in [-0.4, -0.2) is 0 Å². The zero-order valence-electron chi connectivity index (χ0n) is 31.3. The van der Waals surface area contributed by atoms with Crippen molar-refractivity contribution in [2.45, 2.75) is 25.7 Å². The molecule has 3 nitrogen and oxygen atoms in total. The summed E-state index contributed by atoms with van der Waals surface area (Å²) in [7, 11) is 0. The number of para-hydroxylation sites is 2. The summed E-state index contributed by atoms with van der Waals surface area (Å²) in [5.74, 6) is 1.07. The maximum absolute atomic E-state index is 18.0. The van der Waals surface area contributed by atoms with E-state index in [1.165, 1.54) is 0 Å². The minimum absolute atomic E-state index is 0.535. The number of hydrogen-bond acceptors (Lipinski definition) is 3. The maximum atomic E-state index is 18.0. The molecule has 0 aliphatic heterocycles. The molecule has 8 rings (SSSR count). The third-order valence-corrected chi connectivity index (χ3v) is 16.7. The molecule has 8 aromatic carbocycles. The topological polar surface area (TPSA) is 35.5 Å². The van der Waals surface area contributed by atoms with Crippen molar-refractivity contribution < 1.29 is 26.0 Å². The quantitative estimate of drug-likeness (QED) is 0.103. The van der Waals surface area contributed by atoms with Gasteiger partial charge < -0.3 is 0 Å². The monoisotopic (exact) mass is 764 g/mol. The van der Waals surface area contributed by atoms with E-state index in [0.717, 1.165) is 44.5 Å². The molecule has 0 N–H and O–H groups in total. The summed E-state index contributed by atoms with van der Waals surface area (Å²) in [5.41, 5.74) is 8.09. The summed E-state index contributed by atoms with van der Waals surface area (Å²) < 4.78 is 34.3. The molecule has 0 saturated heterocycles. The van der Waals surface area contributed by atoms with Crippen LogP contribution in [0.15, 0.2) is 218 Å². The van der Waals surface area contributed by atoms with E-state index >= 15 is 3.32 Å². The van der Waals surface area contributed by atoms with Crippen molar-refractivity contribution in [2.75, 3.05) is 0 Å². The molecule has 0 atom stereocenters. The van der Waals surface area contributed by atoms with E-state index in [-0.39, 0.29) is 0 Å². The zero-order valence-corrected chi connectivity index (χ0v) is 32.9. The van der Waals surface area contributed by atoms with Crippen LogP contribution in [0.5, 0.6) is 11.5 Å². The van der Waals surface area contributed by atoms with Crippen molar-refractivity contribution in [3.63, 3.8) is 0 Å². The molecule has 4 heteroatoms. The van der Waals surface area contributed by atoms with Crippen LogP contribution >= 0.6 is 0 Å². The van der Waals surface area contributed by atoms with Gasteiger partial charge in [0, 0.05) is 0 Å². The Hall–Kier alpha value is -6.13. The Labute approximate surface area is 332 Å². The average molecular weight is 765 g/mol. The van der Waals surface area contributed by atoms with Crippen LogP contribution < -0.4 is 14.4 Å². The van der Waals surface area contributed by atoms with Crippen molar-refractivity contribution in [1.82, 2.24) is 0 Å². The van der Waals surface area contributed by atoms with Crippen LogP contribution in [0.4, 0.5) is 0 Å². The normalized spacial score (nSPS) is 11.5. The molecule has 8 aromatic rings. The Kier molecular flexibility index (Phi) is 11.0. The van der Waals surface area contributed by atoms with Gasteiger partial charge in [0.05, 0.1) is 0 Å². The molecule has 0 radical (unpaired) electrons. The summed E-state index contributed by atoms with van der Waals surface area (Å²) in [4.78, 5) is 0. The molecule has 0 amide bonds. The van der Waals surface area contributed by atoms with Gasteiger partial charge in [-0.1, -0.05) is 0 Å². The van der Waals surface area contributed by atoms with Gasteiger partial charge in [-0.15, -0.1) is 0 Å². The number of benzene rings is 8. The summed E-state index contributed by atoms with van der Waals surface area (Å²) >= 11 is -6.61. The van der Waals surface area contributed by atoms with E-state index in [1.807, 2.05) is 146 Å². The predicted molar refractivity (Wildman–Crippen MR) is 224 cm³/mol. The number of hydrogen-bond donors (Lipinski definition) is 0. The summed E-state index contributed by atoms with van der Waals surface area (Å²) in [6.07, 6.45) is 2.29. The molecule has 0 saturated carbocycles. The molecule has 0 spiro atoms. The van der Waals surface area contributed by atoms with Gasteiger partial charge in [0.25, 0.3) is 0 Å².